The zero-order chi connectivity index (χ0) is 19.2. The van der Waals surface area contributed by atoms with Crippen LogP contribution in [0.3, 0.4) is 0 Å². The van der Waals surface area contributed by atoms with Crippen LogP contribution >= 0.6 is 0 Å². The van der Waals surface area contributed by atoms with Gasteiger partial charge in [0.2, 0.25) is 5.91 Å². The molecule has 4 rings (SSSR count). The van der Waals surface area contributed by atoms with Crippen molar-refractivity contribution in [2.45, 2.75) is 25.7 Å². The Morgan fingerprint density at radius 1 is 1.00 bits per heavy atom. The maximum atomic E-state index is 12.6. The van der Waals surface area contributed by atoms with Crippen LogP contribution in [-0.4, -0.2) is 37.1 Å². The van der Waals surface area contributed by atoms with Gasteiger partial charge in [0.05, 0.1) is 13.2 Å². The third-order valence-corrected chi connectivity index (χ3v) is 5.48. The van der Waals surface area contributed by atoms with Gasteiger partial charge in [-0.3, -0.25) is 4.79 Å². The van der Waals surface area contributed by atoms with Crippen LogP contribution in [0, 0.1) is 5.92 Å². The van der Waals surface area contributed by atoms with E-state index in [9.17, 15) is 4.79 Å². The average Bonchev–Trinajstić information content (AvgIpc) is 2.98. The number of carbonyl (C=O) groups excluding carboxylic acids is 1. The van der Waals surface area contributed by atoms with Gasteiger partial charge in [-0.1, -0.05) is 36.4 Å². The SMILES string of the molecule is O=C(C=Cc1ccc2c(c1)OCCCO2)N1CCC(Cc2ccccc2)CC1. The van der Waals surface area contributed by atoms with Crippen molar-refractivity contribution in [3.63, 3.8) is 0 Å². The van der Waals surface area contributed by atoms with Gasteiger partial charge in [0.15, 0.2) is 11.5 Å². The summed E-state index contributed by atoms with van der Waals surface area (Å²) in [5.74, 6) is 2.29. The van der Waals surface area contributed by atoms with E-state index in [2.05, 4.69) is 30.3 Å². The lowest BCUT2D eigenvalue weighted by atomic mass is 9.90. The Bertz CT molecular complexity index is 823. The molecule has 0 spiro atoms. The van der Waals surface area contributed by atoms with Gasteiger partial charge >= 0.3 is 0 Å². The summed E-state index contributed by atoms with van der Waals surface area (Å²) in [6.07, 6.45) is 7.68. The summed E-state index contributed by atoms with van der Waals surface area (Å²) in [6.45, 7) is 3.02. The number of nitrogens with zero attached hydrogens (tertiary/aromatic N) is 1. The van der Waals surface area contributed by atoms with Gasteiger partial charge in [0, 0.05) is 25.6 Å². The Hall–Kier alpha value is -2.75. The second-order valence-corrected chi connectivity index (χ2v) is 7.55. The number of hydrogen-bond donors (Lipinski definition) is 0. The van der Waals surface area contributed by atoms with Crippen LogP contribution in [0.2, 0.25) is 0 Å². The zero-order valence-corrected chi connectivity index (χ0v) is 16.2. The van der Waals surface area contributed by atoms with E-state index in [0.29, 0.717) is 19.1 Å². The van der Waals surface area contributed by atoms with Gasteiger partial charge in [0.1, 0.15) is 0 Å². The molecule has 2 heterocycles. The van der Waals surface area contributed by atoms with Crippen molar-refractivity contribution in [3.8, 4) is 11.5 Å². The smallest absolute Gasteiger partial charge is 0.246 e. The van der Waals surface area contributed by atoms with E-state index in [1.165, 1.54) is 5.56 Å². The van der Waals surface area contributed by atoms with E-state index in [0.717, 1.165) is 55.8 Å². The van der Waals surface area contributed by atoms with Crippen molar-refractivity contribution < 1.29 is 14.3 Å². The molecule has 2 aromatic rings. The number of rotatable bonds is 4. The number of fused-ring (bicyclic) bond motifs is 1. The van der Waals surface area contributed by atoms with Crippen molar-refractivity contribution >= 4 is 12.0 Å². The van der Waals surface area contributed by atoms with Crippen LogP contribution in [0.15, 0.2) is 54.6 Å². The molecule has 146 valence electrons. The van der Waals surface area contributed by atoms with Gasteiger partial charge in [-0.25, -0.2) is 0 Å². The normalized spacial score (nSPS) is 17.5. The van der Waals surface area contributed by atoms with Crippen molar-refractivity contribution in [2.24, 2.45) is 5.92 Å². The molecule has 1 saturated heterocycles. The molecule has 0 bridgehead atoms. The zero-order valence-electron chi connectivity index (χ0n) is 16.2. The second kappa shape index (κ2) is 8.96. The summed E-state index contributed by atoms with van der Waals surface area (Å²) in [6, 6.07) is 16.4. The Balaban J connectivity index is 1.30. The van der Waals surface area contributed by atoms with E-state index in [4.69, 9.17) is 9.47 Å². The molecule has 0 aromatic heterocycles. The standard InChI is InChI=1S/C24H27NO3/c26-24(10-8-20-7-9-22-23(18-20)28-16-4-15-27-22)25-13-11-21(12-14-25)17-19-5-2-1-3-6-19/h1-3,5-10,18,21H,4,11-17H2. The Morgan fingerprint density at radius 2 is 1.75 bits per heavy atom. The highest BCUT2D eigenvalue weighted by Gasteiger charge is 2.21. The average molecular weight is 377 g/mol. The molecule has 0 unspecified atom stereocenters. The summed E-state index contributed by atoms with van der Waals surface area (Å²) in [5, 5.41) is 0. The molecule has 2 aliphatic heterocycles. The molecule has 2 aliphatic rings. The molecule has 0 atom stereocenters. The van der Waals surface area contributed by atoms with Crippen LogP contribution in [0.1, 0.15) is 30.4 Å². The van der Waals surface area contributed by atoms with E-state index in [1.807, 2.05) is 29.2 Å². The van der Waals surface area contributed by atoms with Crippen LogP contribution in [0.25, 0.3) is 6.08 Å². The fourth-order valence-corrected chi connectivity index (χ4v) is 3.86. The molecule has 28 heavy (non-hydrogen) atoms. The van der Waals surface area contributed by atoms with Crippen LogP contribution < -0.4 is 9.47 Å². The van der Waals surface area contributed by atoms with Crippen LogP contribution in [0.4, 0.5) is 0 Å². The van der Waals surface area contributed by atoms with Crippen molar-refractivity contribution in [1.29, 1.82) is 0 Å². The minimum Gasteiger partial charge on any atom is -0.490 e. The lowest BCUT2D eigenvalue weighted by Gasteiger charge is -2.31. The Labute approximate surface area is 166 Å². The van der Waals surface area contributed by atoms with Gasteiger partial charge in [-0.2, -0.15) is 0 Å². The fraction of sp³-hybridized carbons (Fsp3) is 0.375. The van der Waals surface area contributed by atoms with Crippen molar-refractivity contribution in [2.75, 3.05) is 26.3 Å². The molecular weight excluding hydrogens is 350 g/mol. The number of ether oxygens (including phenoxy) is 2. The third kappa shape index (κ3) is 4.75. The highest BCUT2D eigenvalue weighted by Crippen LogP contribution is 2.31. The lowest BCUT2D eigenvalue weighted by Crippen LogP contribution is -2.37. The van der Waals surface area contributed by atoms with Gasteiger partial charge in [0.25, 0.3) is 0 Å². The first kappa shape index (κ1) is 18.6. The van der Waals surface area contributed by atoms with Gasteiger partial charge in [-0.15, -0.1) is 0 Å². The van der Waals surface area contributed by atoms with E-state index >= 15 is 0 Å². The minimum atomic E-state index is 0.0882. The van der Waals surface area contributed by atoms with Crippen LogP contribution in [0.5, 0.6) is 11.5 Å². The summed E-state index contributed by atoms with van der Waals surface area (Å²) in [4.78, 5) is 14.5. The first-order valence-corrected chi connectivity index (χ1v) is 10.2. The maximum Gasteiger partial charge on any atom is 0.246 e. The number of amides is 1. The molecule has 1 fully saturated rings. The van der Waals surface area contributed by atoms with Gasteiger partial charge in [-0.05, 0) is 54.5 Å². The molecule has 0 radical (unpaired) electrons. The predicted molar refractivity (Wildman–Crippen MR) is 111 cm³/mol. The van der Waals surface area contributed by atoms with E-state index < -0.39 is 0 Å². The molecule has 1 amide bonds. The Kier molecular flexibility index (Phi) is 5.95. The Morgan fingerprint density at radius 3 is 2.54 bits per heavy atom. The highest BCUT2D eigenvalue weighted by molar-refractivity contribution is 5.91. The van der Waals surface area contributed by atoms with Crippen molar-refractivity contribution in [1.82, 2.24) is 4.90 Å². The fourth-order valence-electron chi connectivity index (χ4n) is 3.86. The summed E-state index contributed by atoms with van der Waals surface area (Å²) in [7, 11) is 0. The number of hydrogen-bond acceptors (Lipinski definition) is 3. The van der Waals surface area contributed by atoms with E-state index in [1.54, 1.807) is 6.08 Å². The summed E-state index contributed by atoms with van der Waals surface area (Å²) >= 11 is 0. The maximum absolute atomic E-state index is 12.6. The molecule has 2 aromatic carbocycles. The molecule has 4 nitrogen and oxygen atoms in total. The van der Waals surface area contributed by atoms with Crippen molar-refractivity contribution in [3.05, 3.63) is 65.7 Å². The minimum absolute atomic E-state index is 0.0882. The molecule has 0 N–H and O–H groups in total. The lowest BCUT2D eigenvalue weighted by molar-refractivity contribution is -0.127. The second-order valence-electron chi connectivity index (χ2n) is 7.55. The molecule has 0 aliphatic carbocycles. The van der Waals surface area contributed by atoms with E-state index in [-0.39, 0.29) is 5.91 Å². The monoisotopic (exact) mass is 377 g/mol. The first-order valence-electron chi connectivity index (χ1n) is 10.2. The molecule has 4 heteroatoms. The third-order valence-electron chi connectivity index (χ3n) is 5.48. The quantitative estimate of drug-likeness (QED) is 0.744. The number of benzene rings is 2. The topological polar surface area (TPSA) is 38.8 Å². The summed E-state index contributed by atoms with van der Waals surface area (Å²) in [5.41, 5.74) is 2.35. The number of likely N-dealkylation sites (tertiary alicyclic amines) is 1. The first-order chi connectivity index (χ1) is 13.8. The number of carbonyl (C=O) groups is 1. The number of piperidine rings is 1. The molecular formula is C24H27NO3. The predicted octanol–water partition coefficient (Wildman–Crippen LogP) is 4.34. The van der Waals surface area contributed by atoms with Crippen LogP contribution in [-0.2, 0) is 11.2 Å². The summed E-state index contributed by atoms with van der Waals surface area (Å²) < 4.78 is 11.4. The highest BCUT2D eigenvalue weighted by atomic mass is 16.5. The molecule has 0 saturated carbocycles. The van der Waals surface area contributed by atoms with Gasteiger partial charge < -0.3 is 14.4 Å². The largest absolute Gasteiger partial charge is 0.490 e.